The number of hydrogen-bond acceptors (Lipinski definition) is 5. The maximum Gasteiger partial charge on any atom is 0.357 e. The minimum atomic E-state index is -1.07. The molecule has 0 fully saturated rings. The number of fused-ring (bicyclic) bond motifs is 1. The van der Waals surface area contributed by atoms with Gasteiger partial charge in [0.15, 0.2) is 0 Å². The average Bonchev–Trinajstić information content (AvgIpc) is 2.76. The zero-order chi connectivity index (χ0) is 22.7. The van der Waals surface area contributed by atoms with Gasteiger partial charge in [-0.05, 0) is 46.7 Å². The predicted molar refractivity (Wildman–Crippen MR) is 123 cm³/mol. The first kappa shape index (κ1) is 21.1. The van der Waals surface area contributed by atoms with Crippen LogP contribution in [0.1, 0.15) is 16.8 Å². The number of hydrogen-bond donors (Lipinski definition) is 2. The Morgan fingerprint density at radius 3 is 2.47 bits per heavy atom. The molecule has 160 valence electrons. The largest absolute Gasteiger partial charge is 0.488 e. The lowest BCUT2D eigenvalue weighted by Gasteiger charge is -2.12. The summed E-state index contributed by atoms with van der Waals surface area (Å²) in [6, 6.07) is 18.5. The summed E-state index contributed by atoms with van der Waals surface area (Å²) in [7, 11) is 0. The molecule has 8 nitrogen and oxygen atoms in total. The lowest BCUT2D eigenvalue weighted by atomic mass is 10.0. The average molecular weight is 450 g/mol. The van der Waals surface area contributed by atoms with Gasteiger partial charge in [0.1, 0.15) is 18.1 Å². The second-order valence-corrected chi connectivity index (χ2v) is 7.31. The van der Waals surface area contributed by atoms with Crippen molar-refractivity contribution in [2.24, 2.45) is 0 Å². The minimum absolute atomic E-state index is 0.208. The molecule has 1 heterocycles. The van der Waals surface area contributed by atoms with Crippen molar-refractivity contribution in [3.8, 4) is 5.75 Å². The maximum absolute atomic E-state index is 11.9. The third-order valence-electron chi connectivity index (χ3n) is 4.78. The van der Waals surface area contributed by atoms with Crippen molar-refractivity contribution in [1.29, 1.82) is 0 Å². The van der Waals surface area contributed by atoms with Crippen molar-refractivity contribution in [3.05, 3.63) is 113 Å². The molecular formula is C23H16ClN3O5. The Bertz CT molecular complexity index is 1460. The van der Waals surface area contributed by atoms with Crippen LogP contribution >= 0.6 is 11.6 Å². The monoisotopic (exact) mass is 449 g/mol. The molecule has 0 aliphatic heterocycles. The van der Waals surface area contributed by atoms with Crippen molar-refractivity contribution in [3.63, 3.8) is 0 Å². The Morgan fingerprint density at radius 2 is 1.72 bits per heavy atom. The Labute approximate surface area is 185 Å². The van der Waals surface area contributed by atoms with E-state index < -0.39 is 21.9 Å². The quantitative estimate of drug-likeness (QED) is 0.331. The molecule has 2 N–H and O–H groups in total. The number of benzene rings is 3. The molecule has 9 heteroatoms. The Hall–Kier alpha value is -4.17. The number of nitrogens with one attached hydrogen (secondary N) is 2. The highest BCUT2D eigenvalue weighted by Gasteiger charge is 2.19. The topological polar surface area (TPSA) is 118 Å². The highest BCUT2D eigenvalue weighted by atomic mass is 35.5. The summed E-state index contributed by atoms with van der Waals surface area (Å²) in [5.41, 5.74) is -1.31. The second-order valence-electron chi connectivity index (χ2n) is 6.87. The van der Waals surface area contributed by atoms with Crippen molar-refractivity contribution in [2.75, 3.05) is 0 Å². The summed E-state index contributed by atoms with van der Waals surface area (Å²) >= 11 is 5.93. The molecule has 32 heavy (non-hydrogen) atoms. The Balaban J connectivity index is 1.78. The SMILES string of the molecule is O=c1[nH]c(C=Cc2c(OCc3ccc(Cl)cc3)ccc3ccccc23)c([N+](=O)[O-])c(=O)[nH]1. The van der Waals surface area contributed by atoms with E-state index in [2.05, 4.69) is 4.98 Å². The van der Waals surface area contributed by atoms with E-state index in [1.807, 2.05) is 47.4 Å². The van der Waals surface area contributed by atoms with E-state index in [1.54, 1.807) is 24.3 Å². The summed E-state index contributed by atoms with van der Waals surface area (Å²) < 4.78 is 6.02. The van der Waals surface area contributed by atoms with E-state index in [9.17, 15) is 19.7 Å². The molecule has 0 radical (unpaired) electrons. The van der Waals surface area contributed by atoms with Gasteiger partial charge in [0.2, 0.25) is 0 Å². The van der Waals surface area contributed by atoms with Crippen LogP contribution in [-0.4, -0.2) is 14.9 Å². The molecule has 0 atom stereocenters. The van der Waals surface area contributed by atoms with Gasteiger partial charge in [-0.2, -0.15) is 0 Å². The van der Waals surface area contributed by atoms with Gasteiger partial charge in [-0.25, -0.2) is 4.79 Å². The molecule has 0 aliphatic carbocycles. The number of aromatic nitrogens is 2. The molecule has 0 aliphatic rings. The fourth-order valence-corrected chi connectivity index (χ4v) is 3.41. The molecular weight excluding hydrogens is 434 g/mol. The Kier molecular flexibility index (Phi) is 5.87. The third kappa shape index (κ3) is 4.45. The van der Waals surface area contributed by atoms with E-state index in [0.29, 0.717) is 16.3 Å². The molecule has 0 saturated heterocycles. The molecule has 0 amide bonds. The number of halogens is 1. The van der Waals surface area contributed by atoms with Crippen molar-refractivity contribution in [2.45, 2.75) is 6.61 Å². The van der Waals surface area contributed by atoms with E-state index >= 15 is 0 Å². The number of aromatic amines is 2. The van der Waals surface area contributed by atoms with Crippen LogP contribution in [0.15, 0.2) is 70.3 Å². The van der Waals surface area contributed by atoms with Gasteiger partial charge < -0.3 is 9.72 Å². The number of nitrogens with zero attached hydrogens (tertiary/aromatic N) is 1. The fraction of sp³-hybridized carbons (Fsp3) is 0.0435. The van der Waals surface area contributed by atoms with Gasteiger partial charge in [0.25, 0.3) is 0 Å². The summed E-state index contributed by atoms with van der Waals surface area (Å²) in [6.45, 7) is 0.276. The number of H-pyrrole nitrogens is 2. The second kappa shape index (κ2) is 8.91. The van der Waals surface area contributed by atoms with Gasteiger partial charge in [-0.3, -0.25) is 19.9 Å². The first-order valence-corrected chi connectivity index (χ1v) is 9.88. The summed E-state index contributed by atoms with van der Waals surface area (Å²) in [4.78, 5) is 38.2. The Morgan fingerprint density at radius 1 is 0.969 bits per heavy atom. The number of nitro groups is 1. The van der Waals surface area contributed by atoms with Crippen molar-refractivity contribution < 1.29 is 9.66 Å². The molecule has 4 aromatic rings. The summed E-state index contributed by atoms with van der Waals surface area (Å²) in [5.74, 6) is 0.532. The van der Waals surface area contributed by atoms with E-state index in [1.165, 1.54) is 6.08 Å². The van der Waals surface area contributed by atoms with Crippen LogP contribution in [0.4, 0.5) is 5.69 Å². The van der Waals surface area contributed by atoms with Crippen molar-refractivity contribution >= 4 is 40.2 Å². The first-order valence-electron chi connectivity index (χ1n) is 9.50. The van der Waals surface area contributed by atoms with Crippen LogP contribution in [0, 0.1) is 10.1 Å². The van der Waals surface area contributed by atoms with Gasteiger partial charge >= 0.3 is 16.9 Å². The van der Waals surface area contributed by atoms with Crippen LogP contribution < -0.4 is 16.0 Å². The van der Waals surface area contributed by atoms with Gasteiger partial charge in [0, 0.05) is 10.6 Å². The highest BCUT2D eigenvalue weighted by Crippen LogP contribution is 2.31. The molecule has 0 unspecified atom stereocenters. The smallest absolute Gasteiger partial charge is 0.357 e. The number of rotatable bonds is 6. The van der Waals surface area contributed by atoms with Gasteiger partial charge in [-0.15, -0.1) is 0 Å². The zero-order valence-corrected chi connectivity index (χ0v) is 17.3. The minimum Gasteiger partial charge on any atom is -0.488 e. The zero-order valence-electron chi connectivity index (χ0n) is 16.5. The van der Waals surface area contributed by atoms with Crippen LogP contribution in [-0.2, 0) is 6.61 Å². The first-order chi connectivity index (χ1) is 15.4. The van der Waals surface area contributed by atoms with Gasteiger partial charge in [0.05, 0.1) is 4.92 Å². The molecule has 4 rings (SSSR count). The van der Waals surface area contributed by atoms with E-state index in [0.717, 1.165) is 16.3 Å². The van der Waals surface area contributed by atoms with Crippen molar-refractivity contribution in [1.82, 2.24) is 9.97 Å². The lowest BCUT2D eigenvalue weighted by Crippen LogP contribution is -2.25. The van der Waals surface area contributed by atoms with E-state index in [4.69, 9.17) is 16.3 Å². The van der Waals surface area contributed by atoms with Gasteiger partial charge in [-0.1, -0.05) is 54.1 Å². The third-order valence-corrected chi connectivity index (χ3v) is 5.03. The van der Waals surface area contributed by atoms with Crippen LogP contribution in [0.2, 0.25) is 5.02 Å². The van der Waals surface area contributed by atoms with Crippen LogP contribution in [0.5, 0.6) is 5.75 Å². The lowest BCUT2D eigenvalue weighted by molar-refractivity contribution is -0.386. The maximum atomic E-state index is 11.9. The molecule has 0 saturated carbocycles. The molecule has 1 aromatic heterocycles. The normalized spacial score (nSPS) is 11.2. The number of ether oxygens (including phenoxy) is 1. The molecule has 0 bridgehead atoms. The van der Waals surface area contributed by atoms with Crippen LogP contribution in [0.25, 0.3) is 22.9 Å². The predicted octanol–water partition coefficient (Wildman–Crippen LogP) is 4.53. The highest BCUT2D eigenvalue weighted by molar-refractivity contribution is 6.30. The summed E-state index contributed by atoms with van der Waals surface area (Å²) in [6.07, 6.45) is 2.91. The van der Waals surface area contributed by atoms with Crippen LogP contribution in [0.3, 0.4) is 0 Å². The standard InChI is InChI=1S/C23H16ClN3O5/c24-16-8-5-14(6-9-16)13-32-20-12-7-15-3-1-2-4-17(15)18(20)10-11-19-21(27(30)31)22(28)26-23(29)25-19/h1-12H,13H2,(H2,25,26,28,29). The summed E-state index contributed by atoms with van der Waals surface area (Å²) in [5, 5.41) is 13.7. The molecule has 0 spiro atoms. The fourth-order valence-electron chi connectivity index (χ4n) is 3.28. The van der Waals surface area contributed by atoms with E-state index in [-0.39, 0.29) is 12.3 Å². The molecule has 3 aromatic carbocycles.